The molecule has 4 rings (SSSR count). The van der Waals surface area contributed by atoms with Gasteiger partial charge in [0.25, 0.3) is 0 Å². The minimum atomic E-state index is -1.02. The first-order valence-electron chi connectivity index (χ1n) is 10.5. The number of benzene rings is 1. The first-order chi connectivity index (χ1) is 15.1. The maximum Gasteiger partial charge on any atom is 0.247 e. The van der Waals surface area contributed by atoms with E-state index in [0.717, 1.165) is 35.4 Å². The monoisotopic (exact) mass is 456 g/mol. The molecule has 1 aromatic carbocycles. The van der Waals surface area contributed by atoms with Crippen LogP contribution in [-0.4, -0.2) is 22.8 Å². The van der Waals surface area contributed by atoms with E-state index in [1.165, 1.54) is 33.6 Å². The van der Waals surface area contributed by atoms with E-state index < -0.39 is 11.9 Å². The van der Waals surface area contributed by atoms with E-state index in [-0.39, 0.29) is 36.4 Å². The van der Waals surface area contributed by atoms with Crippen molar-refractivity contribution in [1.29, 1.82) is 0 Å². The summed E-state index contributed by atoms with van der Waals surface area (Å²) < 4.78 is 14.9. The first kappa shape index (κ1) is 21.7. The third-order valence-corrected chi connectivity index (χ3v) is 7.33. The van der Waals surface area contributed by atoms with Crippen molar-refractivity contribution in [3.8, 4) is 0 Å². The number of amides is 2. The van der Waals surface area contributed by atoms with Crippen molar-refractivity contribution in [2.24, 2.45) is 0 Å². The van der Waals surface area contributed by atoms with Gasteiger partial charge in [-0.1, -0.05) is 43.2 Å². The number of halogens is 1. The van der Waals surface area contributed by atoms with Crippen molar-refractivity contribution in [1.82, 2.24) is 10.2 Å². The van der Waals surface area contributed by atoms with Crippen molar-refractivity contribution in [3.05, 3.63) is 80.4 Å². The molecule has 3 aromatic rings. The van der Waals surface area contributed by atoms with Crippen molar-refractivity contribution in [2.75, 3.05) is 0 Å². The van der Waals surface area contributed by atoms with E-state index in [1.807, 2.05) is 35.0 Å². The molecule has 1 saturated carbocycles. The molecule has 162 valence electrons. The number of hydrogen-bond donors (Lipinski definition) is 1. The topological polar surface area (TPSA) is 49.4 Å². The second kappa shape index (κ2) is 10.2. The molecule has 0 radical (unpaired) electrons. The Balaban J connectivity index is 1.69. The molecule has 1 aliphatic rings. The fourth-order valence-electron chi connectivity index (χ4n) is 4.06. The summed E-state index contributed by atoms with van der Waals surface area (Å²) in [5, 5.41) is 6.95. The Morgan fingerprint density at radius 2 is 1.68 bits per heavy atom. The minimum absolute atomic E-state index is 0.0813. The summed E-state index contributed by atoms with van der Waals surface area (Å²) in [5.41, 5.74) is 0.231. The SMILES string of the molecule is O=C(NC1CCCC1)[C@H](c1ccccc1F)N(Cc1cccs1)C(=O)Cc1cccs1. The molecule has 0 unspecified atom stereocenters. The van der Waals surface area contributed by atoms with Crippen molar-refractivity contribution in [3.63, 3.8) is 0 Å². The van der Waals surface area contributed by atoms with Gasteiger partial charge in [0.1, 0.15) is 11.9 Å². The smallest absolute Gasteiger partial charge is 0.247 e. The zero-order valence-corrected chi connectivity index (χ0v) is 18.8. The highest BCUT2D eigenvalue weighted by Gasteiger charge is 2.35. The molecule has 2 aromatic heterocycles. The van der Waals surface area contributed by atoms with E-state index in [4.69, 9.17) is 0 Å². The summed E-state index contributed by atoms with van der Waals surface area (Å²) >= 11 is 3.02. The molecule has 2 heterocycles. The first-order valence-corrected chi connectivity index (χ1v) is 12.3. The number of nitrogens with zero attached hydrogens (tertiary/aromatic N) is 1. The third kappa shape index (κ3) is 5.40. The molecule has 0 spiro atoms. The lowest BCUT2D eigenvalue weighted by atomic mass is 10.0. The van der Waals surface area contributed by atoms with Crippen molar-refractivity contribution < 1.29 is 14.0 Å². The Bertz CT molecular complexity index is 999. The van der Waals surface area contributed by atoms with Crippen LogP contribution in [0.2, 0.25) is 0 Å². The van der Waals surface area contributed by atoms with Gasteiger partial charge < -0.3 is 10.2 Å². The van der Waals surface area contributed by atoms with Crippen molar-refractivity contribution >= 4 is 34.5 Å². The van der Waals surface area contributed by atoms with E-state index in [0.29, 0.717) is 0 Å². The van der Waals surface area contributed by atoms with Crippen LogP contribution >= 0.6 is 22.7 Å². The highest BCUT2D eigenvalue weighted by molar-refractivity contribution is 7.10. The molecule has 0 aliphatic heterocycles. The average Bonchev–Trinajstić information content (AvgIpc) is 3.53. The molecular weight excluding hydrogens is 431 g/mol. The largest absolute Gasteiger partial charge is 0.351 e. The molecule has 1 N–H and O–H groups in total. The van der Waals surface area contributed by atoms with Gasteiger partial charge in [-0.3, -0.25) is 9.59 Å². The van der Waals surface area contributed by atoms with Gasteiger partial charge in [-0.25, -0.2) is 4.39 Å². The van der Waals surface area contributed by atoms with Crippen LogP contribution in [0.4, 0.5) is 4.39 Å². The molecule has 1 fully saturated rings. The number of carbonyl (C=O) groups excluding carboxylic acids is 2. The fraction of sp³-hybridized carbons (Fsp3) is 0.333. The molecular formula is C24H25FN2O2S2. The lowest BCUT2D eigenvalue weighted by Gasteiger charge is -2.32. The second-order valence-electron chi connectivity index (χ2n) is 7.77. The highest BCUT2D eigenvalue weighted by atomic mass is 32.1. The van der Waals surface area contributed by atoms with Crippen LogP contribution in [0.3, 0.4) is 0 Å². The zero-order valence-electron chi connectivity index (χ0n) is 17.1. The number of thiophene rings is 2. The van der Waals surface area contributed by atoms with Gasteiger partial charge in [-0.05, 0) is 41.8 Å². The molecule has 31 heavy (non-hydrogen) atoms. The minimum Gasteiger partial charge on any atom is -0.351 e. The fourth-order valence-corrected chi connectivity index (χ4v) is 5.45. The number of rotatable bonds is 8. The second-order valence-corrected chi connectivity index (χ2v) is 9.84. The maximum atomic E-state index is 14.9. The standard InChI is InChI=1S/C24H25FN2O2S2/c25-21-12-4-3-11-20(21)23(24(29)26-17-7-1-2-8-17)27(16-19-10-6-14-31-19)22(28)15-18-9-5-13-30-18/h3-6,9-14,17,23H,1-2,7-8,15-16H2,(H,26,29)/t23-/m0/s1. The molecule has 4 nitrogen and oxygen atoms in total. The summed E-state index contributed by atoms with van der Waals surface area (Å²) in [6, 6.07) is 13.0. The Kier molecular flexibility index (Phi) is 7.14. The van der Waals surface area contributed by atoms with Crippen LogP contribution in [0.5, 0.6) is 0 Å². The predicted octanol–water partition coefficient (Wildman–Crippen LogP) is 5.32. The summed E-state index contributed by atoms with van der Waals surface area (Å²) in [6.45, 7) is 0.263. The molecule has 7 heteroatoms. The van der Waals surface area contributed by atoms with Crippen LogP contribution in [0.15, 0.2) is 59.3 Å². The molecule has 0 bridgehead atoms. The zero-order chi connectivity index (χ0) is 21.6. The molecule has 2 amide bonds. The molecule has 0 saturated heterocycles. The molecule has 1 aliphatic carbocycles. The van der Waals surface area contributed by atoms with Crippen LogP contribution in [0.25, 0.3) is 0 Å². The van der Waals surface area contributed by atoms with Gasteiger partial charge in [0, 0.05) is 21.4 Å². The normalized spacial score (nSPS) is 15.0. The number of carbonyl (C=O) groups is 2. The number of nitrogens with one attached hydrogen (secondary N) is 1. The predicted molar refractivity (Wildman–Crippen MR) is 122 cm³/mol. The highest BCUT2D eigenvalue weighted by Crippen LogP contribution is 2.29. The van der Waals surface area contributed by atoms with Gasteiger partial charge in [0.15, 0.2) is 0 Å². The van der Waals surface area contributed by atoms with Gasteiger partial charge >= 0.3 is 0 Å². The van der Waals surface area contributed by atoms with Gasteiger partial charge in [-0.15, -0.1) is 22.7 Å². The van der Waals surface area contributed by atoms with Crippen LogP contribution in [0, 0.1) is 5.82 Å². The van der Waals surface area contributed by atoms with Crippen LogP contribution in [-0.2, 0) is 22.6 Å². The van der Waals surface area contributed by atoms with E-state index in [1.54, 1.807) is 18.2 Å². The van der Waals surface area contributed by atoms with Gasteiger partial charge in [0.05, 0.1) is 13.0 Å². The average molecular weight is 457 g/mol. The summed E-state index contributed by atoms with van der Waals surface area (Å²) in [4.78, 5) is 30.3. The number of hydrogen-bond acceptors (Lipinski definition) is 4. The van der Waals surface area contributed by atoms with Gasteiger partial charge in [-0.2, -0.15) is 0 Å². The Hall–Kier alpha value is -2.51. The van der Waals surface area contributed by atoms with Crippen molar-refractivity contribution in [2.45, 2.75) is 50.7 Å². The van der Waals surface area contributed by atoms with Crippen LogP contribution < -0.4 is 5.32 Å². The van der Waals surface area contributed by atoms with E-state index >= 15 is 0 Å². The Morgan fingerprint density at radius 3 is 2.32 bits per heavy atom. The summed E-state index contributed by atoms with van der Waals surface area (Å²) in [7, 11) is 0. The van der Waals surface area contributed by atoms with E-state index in [2.05, 4.69) is 5.32 Å². The Morgan fingerprint density at radius 1 is 1.00 bits per heavy atom. The van der Waals surface area contributed by atoms with Gasteiger partial charge in [0.2, 0.25) is 11.8 Å². The van der Waals surface area contributed by atoms with E-state index in [9.17, 15) is 14.0 Å². The summed E-state index contributed by atoms with van der Waals surface area (Å²) in [6.07, 6.45) is 4.18. The Labute approximate surface area is 189 Å². The lowest BCUT2D eigenvalue weighted by Crippen LogP contribution is -2.46. The maximum absolute atomic E-state index is 14.9. The molecule has 1 atom stereocenters. The quantitative estimate of drug-likeness (QED) is 0.499. The summed E-state index contributed by atoms with van der Waals surface area (Å²) in [5.74, 6) is -0.979. The third-order valence-electron chi connectivity index (χ3n) is 5.59. The lowest BCUT2D eigenvalue weighted by molar-refractivity contribution is -0.141. The van der Waals surface area contributed by atoms with Crippen LogP contribution in [0.1, 0.15) is 47.0 Å².